The number of carbonyl (C=O) groups is 2. The van der Waals surface area contributed by atoms with Gasteiger partial charge in [-0.25, -0.2) is 13.6 Å². The number of aliphatic imine (C=N–C) groups is 1. The maximum absolute atomic E-state index is 14.1. The summed E-state index contributed by atoms with van der Waals surface area (Å²) in [6, 6.07) is 2.54. The van der Waals surface area contributed by atoms with Gasteiger partial charge in [0.2, 0.25) is 5.91 Å². The number of carbonyl (C=O) groups excluding carboxylic acids is 2. The van der Waals surface area contributed by atoms with Gasteiger partial charge in [0.25, 0.3) is 0 Å². The third-order valence-corrected chi connectivity index (χ3v) is 6.94. The van der Waals surface area contributed by atoms with Gasteiger partial charge >= 0.3 is 6.03 Å². The Kier molecular flexibility index (Phi) is 9.07. The van der Waals surface area contributed by atoms with Crippen molar-refractivity contribution in [1.82, 2.24) is 20.4 Å². The number of aliphatic hydroxyl groups is 1. The van der Waals surface area contributed by atoms with Gasteiger partial charge in [-0.2, -0.15) is 0 Å². The van der Waals surface area contributed by atoms with Crippen LogP contribution in [0, 0.1) is 17.0 Å². The molecule has 3 rings (SSSR count). The van der Waals surface area contributed by atoms with E-state index in [1.807, 2.05) is 20.8 Å². The number of halogens is 2. The minimum Gasteiger partial charge on any atom is -0.391 e. The van der Waals surface area contributed by atoms with Gasteiger partial charge in [-0.15, -0.1) is 0 Å². The SMILES string of the molecule is CN=C(C1=C(NC(=O)N[C@H](C(=O)N2CC[C@H](O)C2)C(C)(C)C)CCN(C(C)C)C1)c1ccc(F)c(F)c1. The Bertz CT molecular complexity index is 1080. The highest BCUT2D eigenvalue weighted by Gasteiger charge is 2.38. The molecule has 0 bridgehead atoms. The molecule has 1 aromatic rings. The molecule has 204 valence electrons. The summed E-state index contributed by atoms with van der Waals surface area (Å²) in [5.41, 5.74) is 1.65. The number of hydrogen-bond acceptors (Lipinski definition) is 5. The quantitative estimate of drug-likeness (QED) is 0.504. The highest BCUT2D eigenvalue weighted by Crippen LogP contribution is 2.25. The molecule has 1 saturated heterocycles. The molecule has 10 heteroatoms. The van der Waals surface area contributed by atoms with Gasteiger partial charge in [0.1, 0.15) is 6.04 Å². The molecule has 0 aromatic heterocycles. The average molecular weight is 520 g/mol. The minimum atomic E-state index is -0.971. The smallest absolute Gasteiger partial charge is 0.319 e. The van der Waals surface area contributed by atoms with Crippen molar-refractivity contribution in [2.45, 2.75) is 65.6 Å². The first kappa shape index (κ1) is 28.7. The van der Waals surface area contributed by atoms with Gasteiger partial charge in [0.15, 0.2) is 11.6 Å². The molecule has 3 N–H and O–H groups in total. The first-order valence-corrected chi connectivity index (χ1v) is 12.7. The molecule has 2 atom stereocenters. The second-order valence-corrected chi connectivity index (χ2v) is 11.1. The first-order valence-electron chi connectivity index (χ1n) is 12.7. The van der Waals surface area contributed by atoms with Crippen LogP contribution in [0.4, 0.5) is 13.6 Å². The Morgan fingerprint density at radius 2 is 1.86 bits per heavy atom. The van der Waals surface area contributed by atoms with Gasteiger partial charge in [-0.3, -0.25) is 14.7 Å². The lowest BCUT2D eigenvalue weighted by molar-refractivity contribution is -0.135. The monoisotopic (exact) mass is 519 g/mol. The molecule has 0 radical (unpaired) electrons. The fourth-order valence-corrected chi connectivity index (χ4v) is 4.74. The van der Waals surface area contributed by atoms with E-state index in [1.54, 1.807) is 11.9 Å². The topological polar surface area (TPSA) is 97.3 Å². The van der Waals surface area contributed by atoms with E-state index in [9.17, 15) is 23.5 Å². The van der Waals surface area contributed by atoms with Crippen LogP contribution >= 0.6 is 0 Å². The summed E-state index contributed by atoms with van der Waals surface area (Å²) >= 11 is 0. The molecule has 2 aliphatic heterocycles. The molecule has 3 amide bonds. The van der Waals surface area contributed by atoms with Crippen molar-refractivity contribution in [3.05, 3.63) is 46.7 Å². The fourth-order valence-electron chi connectivity index (χ4n) is 4.74. The van der Waals surface area contributed by atoms with Crippen molar-refractivity contribution in [3.8, 4) is 0 Å². The summed E-state index contributed by atoms with van der Waals surface area (Å²) < 4.78 is 27.6. The highest BCUT2D eigenvalue weighted by molar-refractivity contribution is 6.13. The molecule has 0 unspecified atom stereocenters. The Labute approximate surface area is 217 Å². The van der Waals surface area contributed by atoms with Crippen LogP contribution in [-0.4, -0.2) is 84.0 Å². The average Bonchev–Trinajstić information content (AvgIpc) is 3.26. The van der Waals surface area contributed by atoms with Crippen molar-refractivity contribution < 1.29 is 23.5 Å². The van der Waals surface area contributed by atoms with E-state index < -0.39 is 35.2 Å². The zero-order valence-electron chi connectivity index (χ0n) is 22.6. The maximum atomic E-state index is 14.1. The van der Waals surface area contributed by atoms with Crippen molar-refractivity contribution in [2.24, 2.45) is 10.4 Å². The number of amides is 3. The summed E-state index contributed by atoms with van der Waals surface area (Å²) in [6.45, 7) is 11.6. The largest absolute Gasteiger partial charge is 0.391 e. The van der Waals surface area contributed by atoms with Crippen molar-refractivity contribution in [3.63, 3.8) is 0 Å². The molecule has 1 fully saturated rings. The summed E-state index contributed by atoms with van der Waals surface area (Å²) in [4.78, 5) is 34.6. The number of likely N-dealkylation sites (tertiary alicyclic amines) is 1. The Hall–Kier alpha value is -2.85. The van der Waals surface area contributed by atoms with E-state index in [1.165, 1.54) is 6.07 Å². The molecule has 2 aliphatic rings. The second-order valence-electron chi connectivity index (χ2n) is 11.1. The lowest BCUT2D eigenvalue weighted by Crippen LogP contribution is -2.56. The van der Waals surface area contributed by atoms with E-state index in [0.29, 0.717) is 55.0 Å². The molecule has 8 nitrogen and oxygen atoms in total. The number of nitrogens with one attached hydrogen (secondary N) is 2. The maximum Gasteiger partial charge on any atom is 0.319 e. The lowest BCUT2D eigenvalue weighted by Gasteiger charge is -2.35. The van der Waals surface area contributed by atoms with E-state index >= 15 is 0 Å². The van der Waals surface area contributed by atoms with Gasteiger partial charge < -0.3 is 20.6 Å². The number of hydrogen-bond donors (Lipinski definition) is 3. The number of rotatable bonds is 6. The van der Waals surface area contributed by atoms with Gasteiger partial charge in [0.05, 0.1) is 11.8 Å². The summed E-state index contributed by atoms with van der Waals surface area (Å²) in [5.74, 6) is -2.15. The molecule has 0 spiro atoms. The highest BCUT2D eigenvalue weighted by atomic mass is 19.2. The van der Waals surface area contributed by atoms with Crippen molar-refractivity contribution in [1.29, 1.82) is 0 Å². The van der Waals surface area contributed by atoms with Crippen molar-refractivity contribution in [2.75, 3.05) is 33.2 Å². The normalized spacial score (nSPS) is 20.4. The molecule has 0 aliphatic carbocycles. The Balaban J connectivity index is 1.89. The predicted molar refractivity (Wildman–Crippen MR) is 139 cm³/mol. The number of nitrogens with zero attached hydrogens (tertiary/aromatic N) is 3. The van der Waals surface area contributed by atoms with Crippen molar-refractivity contribution >= 4 is 17.6 Å². The van der Waals surface area contributed by atoms with Crippen LogP contribution in [0.3, 0.4) is 0 Å². The minimum absolute atomic E-state index is 0.229. The fraction of sp³-hybridized carbons (Fsp3) is 0.593. The Morgan fingerprint density at radius 3 is 2.41 bits per heavy atom. The lowest BCUT2D eigenvalue weighted by atomic mass is 9.86. The molecule has 1 aromatic carbocycles. The van der Waals surface area contributed by atoms with Crippen LogP contribution in [-0.2, 0) is 4.79 Å². The second kappa shape index (κ2) is 11.7. The van der Waals surface area contributed by atoms with Crippen LogP contribution in [0.1, 0.15) is 53.0 Å². The summed E-state index contributed by atoms with van der Waals surface area (Å²) in [7, 11) is 1.58. The summed E-state index contributed by atoms with van der Waals surface area (Å²) in [6.07, 6.45) is 0.469. The van der Waals surface area contributed by atoms with Crippen LogP contribution in [0.2, 0.25) is 0 Å². The van der Waals surface area contributed by atoms with Crippen LogP contribution in [0.15, 0.2) is 34.5 Å². The van der Waals surface area contributed by atoms with Crippen LogP contribution in [0.5, 0.6) is 0 Å². The standard InChI is InChI=1S/C27H39F2N5O3/c1-16(2)33-12-10-22(19(15-33)23(30-6)17-7-8-20(28)21(29)13-17)31-26(37)32-24(27(3,4)5)25(36)34-11-9-18(35)14-34/h7-8,13,16,18,24,35H,9-12,14-15H2,1-6H3,(H2,31,32,37)/t18-,24+/m0/s1. The first-order chi connectivity index (χ1) is 17.3. The van der Waals surface area contributed by atoms with Crippen LogP contribution in [0.25, 0.3) is 0 Å². The van der Waals surface area contributed by atoms with Gasteiger partial charge in [-0.05, 0) is 43.9 Å². The number of benzene rings is 1. The number of β-amino-alcohol motifs (C(OH)–C–C–N with tert-alkyl or cyclic N) is 1. The van der Waals surface area contributed by atoms with E-state index in [-0.39, 0.29) is 18.5 Å². The van der Waals surface area contributed by atoms with E-state index in [0.717, 1.165) is 12.1 Å². The number of aliphatic hydroxyl groups excluding tert-OH is 1. The molecule has 2 heterocycles. The van der Waals surface area contributed by atoms with Gasteiger partial charge in [0, 0.05) is 62.5 Å². The zero-order chi connectivity index (χ0) is 27.5. The number of urea groups is 1. The van der Waals surface area contributed by atoms with Crippen LogP contribution < -0.4 is 10.6 Å². The third kappa shape index (κ3) is 6.93. The van der Waals surface area contributed by atoms with E-state index in [4.69, 9.17) is 0 Å². The zero-order valence-corrected chi connectivity index (χ0v) is 22.6. The molecule has 37 heavy (non-hydrogen) atoms. The van der Waals surface area contributed by atoms with Gasteiger partial charge in [-0.1, -0.05) is 20.8 Å². The Morgan fingerprint density at radius 1 is 1.16 bits per heavy atom. The third-order valence-electron chi connectivity index (χ3n) is 6.94. The predicted octanol–water partition coefficient (Wildman–Crippen LogP) is 3.06. The molecule has 0 saturated carbocycles. The molecular weight excluding hydrogens is 480 g/mol. The summed E-state index contributed by atoms with van der Waals surface area (Å²) in [5, 5.41) is 15.6. The molecular formula is C27H39F2N5O3. The van der Waals surface area contributed by atoms with E-state index in [2.05, 4.69) is 34.4 Å².